The fourth-order valence-electron chi connectivity index (χ4n) is 3.25. The van der Waals surface area contributed by atoms with Crippen molar-refractivity contribution in [3.63, 3.8) is 0 Å². The Labute approximate surface area is 166 Å². The van der Waals surface area contributed by atoms with Crippen molar-refractivity contribution in [3.8, 4) is 5.13 Å². The SMILES string of the molecule is CCn1c(N/N=C\c2cc(C)n(-c3nccs3)c2C)nc2ccccc2c1=O. The smallest absolute Gasteiger partial charge is 0.262 e. The van der Waals surface area contributed by atoms with Crippen LogP contribution in [0.2, 0.25) is 0 Å². The number of hydrazone groups is 1. The summed E-state index contributed by atoms with van der Waals surface area (Å²) in [5.74, 6) is 0.427. The van der Waals surface area contributed by atoms with Gasteiger partial charge in [-0.15, -0.1) is 11.3 Å². The predicted octanol–water partition coefficient (Wildman–Crippen LogP) is 3.73. The Morgan fingerprint density at radius 1 is 1.29 bits per heavy atom. The molecule has 8 heteroatoms. The van der Waals surface area contributed by atoms with Crippen LogP contribution in [0, 0.1) is 13.8 Å². The van der Waals surface area contributed by atoms with Gasteiger partial charge in [0.05, 0.1) is 17.1 Å². The molecule has 0 radical (unpaired) electrons. The molecule has 0 saturated heterocycles. The van der Waals surface area contributed by atoms with E-state index in [-0.39, 0.29) is 5.56 Å². The van der Waals surface area contributed by atoms with E-state index in [1.165, 1.54) is 0 Å². The molecular formula is C20H20N6OS. The summed E-state index contributed by atoms with van der Waals surface area (Å²) in [5, 5.41) is 7.83. The quantitative estimate of drug-likeness (QED) is 0.415. The minimum atomic E-state index is -0.0762. The summed E-state index contributed by atoms with van der Waals surface area (Å²) in [6.45, 7) is 6.49. The third-order valence-corrected chi connectivity index (χ3v) is 5.38. The van der Waals surface area contributed by atoms with Gasteiger partial charge >= 0.3 is 0 Å². The van der Waals surface area contributed by atoms with Gasteiger partial charge in [0.1, 0.15) is 0 Å². The molecule has 28 heavy (non-hydrogen) atoms. The van der Waals surface area contributed by atoms with Gasteiger partial charge < -0.3 is 0 Å². The van der Waals surface area contributed by atoms with Crippen molar-refractivity contribution in [3.05, 3.63) is 69.2 Å². The Hall–Kier alpha value is -3.26. The van der Waals surface area contributed by atoms with Gasteiger partial charge in [0, 0.05) is 35.1 Å². The van der Waals surface area contributed by atoms with E-state index in [2.05, 4.69) is 31.1 Å². The normalized spacial score (nSPS) is 11.5. The number of benzene rings is 1. The highest BCUT2D eigenvalue weighted by Crippen LogP contribution is 2.21. The molecule has 3 heterocycles. The standard InChI is InChI=1S/C20H20N6OS/c1-4-25-18(27)16-7-5-6-8-17(16)23-19(25)24-22-12-15-11-13(2)26(14(15)3)20-21-9-10-28-20/h5-12H,4H2,1-3H3,(H,23,24)/b22-12-. The number of hydrogen-bond donors (Lipinski definition) is 1. The topological polar surface area (TPSA) is 77.1 Å². The number of aromatic nitrogens is 4. The van der Waals surface area contributed by atoms with Crippen LogP contribution in [0.1, 0.15) is 23.9 Å². The second kappa shape index (κ2) is 7.40. The Morgan fingerprint density at radius 3 is 2.86 bits per heavy atom. The molecule has 142 valence electrons. The molecule has 0 atom stereocenters. The second-order valence-electron chi connectivity index (χ2n) is 6.35. The number of nitrogens with one attached hydrogen (secondary N) is 1. The van der Waals surface area contributed by atoms with Crippen LogP contribution in [-0.4, -0.2) is 25.3 Å². The lowest BCUT2D eigenvalue weighted by molar-refractivity contribution is 0.724. The average Bonchev–Trinajstić information content (AvgIpc) is 3.30. The molecule has 0 bridgehead atoms. The highest BCUT2D eigenvalue weighted by Gasteiger charge is 2.12. The Bertz CT molecular complexity index is 1220. The maximum Gasteiger partial charge on any atom is 0.262 e. The first kappa shape index (κ1) is 18.1. The zero-order valence-corrected chi connectivity index (χ0v) is 16.7. The first-order valence-corrected chi connectivity index (χ1v) is 9.85. The van der Waals surface area contributed by atoms with E-state index in [1.54, 1.807) is 34.4 Å². The zero-order valence-electron chi connectivity index (χ0n) is 15.9. The number of thiazole rings is 1. The van der Waals surface area contributed by atoms with Gasteiger partial charge in [0.2, 0.25) is 5.95 Å². The fraction of sp³-hybridized carbons (Fsp3) is 0.200. The van der Waals surface area contributed by atoms with Crippen LogP contribution in [0.4, 0.5) is 5.95 Å². The Morgan fingerprint density at radius 2 is 2.11 bits per heavy atom. The molecule has 0 amide bonds. The van der Waals surface area contributed by atoms with E-state index in [1.807, 2.05) is 44.4 Å². The molecule has 4 rings (SSSR count). The van der Waals surface area contributed by atoms with Crippen LogP contribution in [0.25, 0.3) is 16.0 Å². The molecule has 1 N–H and O–H groups in total. The molecule has 3 aromatic heterocycles. The fourth-order valence-corrected chi connectivity index (χ4v) is 4.00. The van der Waals surface area contributed by atoms with Crippen molar-refractivity contribution in [2.24, 2.45) is 5.10 Å². The maximum atomic E-state index is 12.7. The number of aryl methyl sites for hydroxylation is 1. The third kappa shape index (κ3) is 3.11. The Kier molecular flexibility index (Phi) is 4.79. The molecule has 7 nitrogen and oxygen atoms in total. The van der Waals surface area contributed by atoms with E-state index in [4.69, 9.17) is 0 Å². The molecule has 0 saturated carbocycles. The van der Waals surface area contributed by atoms with Crippen molar-refractivity contribution < 1.29 is 0 Å². The molecular weight excluding hydrogens is 372 g/mol. The summed E-state index contributed by atoms with van der Waals surface area (Å²) in [6.07, 6.45) is 3.54. The number of hydrogen-bond acceptors (Lipinski definition) is 6. The van der Waals surface area contributed by atoms with Gasteiger partial charge in [-0.2, -0.15) is 5.10 Å². The summed E-state index contributed by atoms with van der Waals surface area (Å²) in [4.78, 5) is 21.6. The molecule has 0 aliphatic rings. The van der Waals surface area contributed by atoms with Gasteiger partial charge in [-0.1, -0.05) is 12.1 Å². The van der Waals surface area contributed by atoms with E-state index in [0.717, 1.165) is 22.1 Å². The first-order chi connectivity index (χ1) is 13.6. The summed E-state index contributed by atoms with van der Waals surface area (Å²) in [7, 11) is 0. The predicted molar refractivity (Wildman–Crippen MR) is 114 cm³/mol. The van der Waals surface area contributed by atoms with Crippen molar-refractivity contribution in [1.82, 2.24) is 19.1 Å². The molecule has 0 unspecified atom stereocenters. The minimum Gasteiger partial charge on any atom is -0.294 e. The van der Waals surface area contributed by atoms with Crippen LogP contribution >= 0.6 is 11.3 Å². The van der Waals surface area contributed by atoms with Crippen LogP contribution in [0.15, 0.2) is 51.8 Å². The summed E-state index contributed by atoms with van der Waals surface area (Å²) >= 11 is 1.59. The molecule has 0 fully saturated rings. The van der Waals surface area contributed by atoms with E-state index in [9.17, 15) is 4.79 Å². The number of fused-ring (bicyclic) bond motifs is 1. The van der Waals surface area contributed by atoms with Crippen molar-refractivity contribution in [1.29, 1.82) is 0 Å². The van der Waals surface area contributed by atoms with Crippen LogP contribution in [-0.2, 0) is 6.54 Å². The summed E-state index contributed by atoms with van der Waals surface area (Å²) < 4.78 is 3.68. The number of para-hydroxylation sites is 1. The number of rotatable bonds is 5. The molecule has 0 aliphatic heterocycles. The van der Waals surface area contributed by atoms with Crippen LogP contribution < -0.4 is 11.0 Å². The van der Waals surface area contributed by atoms with Crippen LogP contribution in [0.5, 0.6) is 0 Å². The minimum absolute atomic E-state index is 0.0762. The van der Waals surface area contributed by atoms with Gasteiger partial charge in [-0.25, -0.2) is 15.4 Å². The summed E-state index contributed by atoms with van der Waals surface area (Å²) in [6, 6.07) is 9.38. The average molecular weight is 392 g/mol. The molecule has 1 aromatic carbocycles. The van der Waals surface area contributed by atoms with Crippen molar-refractivity contribution in [2.75, 3.05) is 5.43 Å². The van der Waals surface area contributed by atoms with Gasteiger partial charge in [-0.05, 0) is 39.0 Å². The number of nitrogens with zero attached hydrogens (tertiary/aromatic N) is 5. The molecule has 0 spiro atoms. The lowest BCUT2D eigenvalue weighted by atomic mass is 10.2. The second-order valence-corrected chi connectivity index (χ2v) is 7.22. The highest BCUT2D eigenvalue weighted by molar-refractivity contribution is 7.12. The number of anilines is 1. The van der Waals surface area contributed by atoms with Gasteiger partial charge in [0.25, 0.3) is 5.56 Å². The molecule has 0 aliphatic carbocycles. The lowest BCUT2D eigenvalue weighted by Gasteiger charge is -2.10. The van der Waals surface area contributed by atoms with E-state index in [0.29, 0.717) is 23.4 Å². The highest BCUT2D eigenvalue weighted by atomic mass is 32.1. The van der Waals surface area contributed by atoms with E-state index >= 15 is 0 Å². The van der Waals surface area contributed by atoms with Gasteiger partial charge in [-0.3, -0.25) is 13.9 Å². The summed E-state index contributed by atoms with van der Waals surface area (Å²) in [5.41, 5.74) is 6.63. The van der Waals surface area contributed by atoms with Crippen molar-refractivity contribution >= 4 is 34.4 Å². The van der Waals surface area contributed by atoms with E-state index < -0.39 is 0 Å². The lowest BCUT2D eigenvalue weighted by Crippen LogP contribution is -2.23. The van der Waals surface area contributed by atoms with Gasteiger partial charge in [0.15, 0.2) is 5.13 Å². The van der Waals surface area contributed by atoms with Crippen molar-refractivity contribution in [2.45, 2.75) is 27.3 Å². The third-order valence-electron chi connectivity index (χ3n) is 4.63. The first-order valence-electron chi connectivity index (χ1n) is 8.97. The largest absolute Gasteiger partial charge is 0.294 e. The molecule has 4 aromatic rings. The Balaban J connectivity index is 1.66. The maximum absolute atomic E-state index is 12.7. The zero-order chi connectivity index (χ0) is 19.7. The van der Waals surface area contributed by atoms with Crippen LogP contribution in [0.3, 0.4) is 0 Å². The monoisotopic (exact) mass is 392 g/mol.